The standard InChI is InChI=1S/C21H40N4O/c1-5-22-20(25-13-10-18(16-25)24-11-6-7-12-24)23-15-17-9-8-14-26-19(17)21(2,3)4/h17-19H,5-16H2,1-4H3,(H,22,23). The molecule has 0 spiro atoms. The van der Waals surface area contributed by atoms with Gasteiger partial charge in [0.25, 0.3) is 0 Å². The van der Waals surface area contributed by atoms with Crippen LogP contribution in [0.15, 0.2) is 4.99 Å². The third kappa shape index (κ3) is 4.92. The van der Waals surface area contributed by atoms with Crippen LogP contribution in [0, 0.1) is 11.3 Å². The molecule has 3 rings (SSSR count). The van der Waals surface area contributed by atoms with E-state index in [1.807, 2.05) is 0 Å². The number of nitrogens with zero attached hydrogens (tertiary/aromatic N) is 3. The van der Waals surface area contributed by atoms with Crippen molar-refractivity contribution in [2.75, 3.05) is 45.9 Å². The Hall–Kier alpha value is -0.810. The molecule has 3 saturated heterocycles. The lowest BCUT2D eigenvalue weighted by Gasteiger charge is -2.39. The minimum absolute atomic E-state index is 0.188. The Balaban J connectivity index is 1.61. The Kier molecular flexibility index (Phi) is 6.84. The van der Waals surface area contributed by atoms with Gasteiger partial charge in [0.1, 0.15) is 0 Å². The topological polar surface area (TPSA) is 40.1 Å². The molecule has 0 aromatic rings. The van der Waals surface area contributed by atoms with E-state index >= 15 is 0 Å². The molecule has 26 heavy (non-hydrogen) atoms. The van der Waals surface area contributed by atoms with E-state index in [9.17, 15) is 0 Å². The highest BCUT2D eigenvalue weighted by Crippen LogP contribution is 2.34. The Morgan fingerprint density at radius 2 is 1.88 bits per heavy atom. The van der Waals surface area contributed by atoms with E-state index in [1.54, 1.807) is 0 Å². The molecule has 1 N–H and O–H groups in total. The van der Waals surface area contributed by atoms with Crippen LogP contribution in [-0.4, -0.2) is 73.8 Å². The number of likely N-dealkylation sites (tertiary alicyclic amines) is 2. The summed E-state index contributed by atoms with van der Waals surface area (Å²) in [5.41, 5.74) is 0.188. The molecule has 3 heterocycles. The summed E-state index contributed by atoms with van der Waals surface area (Å²) in [6.07, 6.45) is 6.76. The molecular weight excluding hydrogens is 324 g/mol. The SMILES string of the molecule is CCNC(=NCC1CCCOC1C(C)(C)C)N1CCC(N2CCCC2)C1. The van der Waals surface area contributed by atoms with Gasteiger partial charge in [-0.2, -0.15) is 0 Å². The summed E-state index contributed by atoms with van der Waals surface area (Å²) in [4.78, 5) is 10.3. The van der Waals surface area contributed by atoms with Gasteiger partial charge >= 0.3 is 0 Å². The van der Waals surface area contributed by atoms with Gasteiger partial charge in [-0.25, -0.2) is 0 Å². The molecule has 0 radical (unpaired) electrons. The minimum atomic E-state index is 0.188. The molecule has 0 amide bonds. The number of aliphatic imine (C=N–C) groups is 1. The molecule has 3 unspecified atom stereocenters. The van der Waals surface area contributed by atoms with Crippen molar-refractivity contribution in [2.45, 2.75) is 71.9 Å². The third-order valence-corrected chi connectivity index (χ3v) is 6.23. The molecule has 3 aliphatic rings. The van der Waals surface area contributed by atoms with E-state index in [0.717, 1.165) is 44.8 Å². The Morgan fingerprint density at radius 1 is 1.12 bits per heavy atom. The highest BCUT2D eigenvalue weighted by molar-refractivity contribution is 5.80. The molecule has 0 aliphatic carbocycles. The van der Waals surface area contributed by atoms with Crippen LogP contribution in [0.2, 0.25) is 0 Å². The van der Waals surface area contributed by atoms with E-state index in [1.165, 1.54) is 45.2 Å². The zero-order valence-electron chi connectivity index (χ0n) is 17.5. The fraction of sp³-hybridized carbons (Fsp3) is 0.952. The Labute approximate surface area is 160 Å². The van der Waals surface area contributed by atoms with E-state index in [4.69, 9.17) is 9.73 Å². The van der Waals surface area contributed by atoms with Crippen molar-refractivity contribution in [1.29, 1.82) is 0 Å². The number of hydrogen-bond donors (Lipinski definition) is 1. The van der Waals surface area contributed by atoms with Crippen LogP contribution in [0.25, 0.3) is 0 Å². The second-order valence-electron chi connectivity index (χ2n) is 9.39. The van der Waals surface area contributed by atoms with Crippen molar-refractivity contribution in [3.8, 4) is 0 Å². The summed E-state index contributed by atoms with van der Waals surface area (Å²) in [5.74, 6) is 1.65. The summed E-state index contributed by atoms with van der Waals surface area (Å²) < 4.78 is 6.15. The zero-order chi connectivity index (χ0) is 18.6. The average Bonchev–Trinajstić information content (AvgIpc) is 3.29. The first-order valence-electron chi connectivity index (χ1n) is 10.9. The lowest BCUT2D eigenvalue weighted by molar-refractivity contribution is -0.0824. The van der Waals surface area contributed by atoms with Crippen molar-refractivity contribution < 1.29 is 4.74 Å². The monoisotopic (exact) mass is 364 g/mol. The highest BCUT2D eigenvalue weighted by Gasteiger charge is 2.36. The van der Waals surface area contributed by atoms with Crippen molar-refractivity contribution in [3.05, 3.63) is 0 Å². The summed E-state index contributed by atoms with van der Waals surface area (Å²) in [5, 5.41) is 3.55. The first kappa shape index (κ1) is 19.9. The predicted octanol–water partition coefficient (Wildman–Crippen LogP) is 2.96. The summed E-state index contributed by atoms with van der Waals surface area (Å²) in [6, 6.07) is 0.724. The van der Waals surface area contributed by atoms with Crippen LogP contribution < -0.4 is 5.32 Å². The van der Waals surface area contributed by atoms with E-state index in [0.29, 0.717) is 12.0 Å². The van der Waals surface area contributed by atoms with Gasteiger partial charge in [0.05, 0.1) is 6.10 Å². The Bertz CT molecular complexity index is 467. The van der Waals surface area contributed by atoms with Crippen LogP contribution in [-0.2, 0) is 4.74 Å². The number of hydrogen-bond acceptors (Lipinski definition) is 3. The smallest absolute Gasteiger partial charge is 0.193 e. The first-order valence-corrected chi connectivity index (χ1v) is 10.9. The number of nitrogens with one attached hydrogen (secondary N) is 1. The minimum Gasteiger partial charge on any atom is -0.377 e. The molecule has 3 fully saturated rings. The summed E-state index contributed by atoms with van der Waals surface area (Å²) in [7, 11) is 0. The molecule has 0 aromatic heterocycles. The quantitative estimate of drug-likeness (QED) is 0.615. The number of guanidine groups is 1. The van der Waals surface area contributed by atoms with Gasteiger partial charge < -0.3 is 15.0 Å². The molecule has 3 atom stereocenters. The van der Waals surface area contributed by atoms with Crippen molar-refractivity contribution in [2.24, 2.45) is 16.3 Å². The maximum Gasteiger partial charge on any atom is 0.193 e. The van der Waals surface area contributed by atoms with E-state index < -0.39 is 0 Å². The highest BCUT2D eigenvalue weighted by atomic mass is 16.5. The van der Waals surface area contributed by atoms with Crippen LogP contribution in [0.4, 0.5) is 0 Å². The fourth-order valence-corrected chi connectivity index (χ4v) is 4.96. The molecular formula is C21H40N4O. The number of rotatable bonds is 4. The van der Waals surface area contributed by atoms with Crippen LogP contribution in [0.3, 0.4) is 0 Å². The third-order valence-electron chi connectivity index (χ3n) is 6.23. The lowest BCUT2D eigenvalue weighted by Crippen LogP contribution is -2.44. The van der Waals surface area contributed by atoms with Crippen molar-refractivity contribution >= 4 is 5.96 Å². The second kappa shape index (κ2) is 8.92. The second-order valence-corrected chi connectivity index (χ2v) is 9.39. The first-order chi connectivity index (χ1) is 12.5. The summed E-state index contributed by atoms with van der Waals surface area (Å²) >= 11 is 0. The van der Waals surface area contributed by atoms with Gasteiger partial charge in [-0.3, -0.25) is 9.89 Å². The maximum atomic E-state index is 6.15. The number of ether oxygens (including phenoxy) is 1. The lowest BCUT2D eigenvalue weighted by atomic mass is 9.78. The van der Waals surface area contributed by atoms with Gasteiger partial charge in [-0.05, 0) is 57.5 Å². The van der Waals surface area contributed by atoms with Crippen molar-refractivity contribution in [3.63, 3.8) is 0 Å². The maximum absolute atomic E-state index is 6.15. The van der Waals surface area contributed by atoms with Gasteiger partial charge in [0.15, 0.2) is 5.96 Å². The molecule has 5 nitrogen and oxygen atoms in total. The normalized spacial score (nSPS) is 31.6. The molecule has 3 aliphatic heterocycles. The van der Waals surface area contributed by atoms with Crippen LogP contribution in [0.5, 0.6) is 0 Å². The van der Waals surface area contributed by atoms with Crippen LogP contribution >= 0.6 is 0 Å². The predicted molar refractivity (Wildman–Crippen MR) is 109 cm³/mol. The largest absolute Gasteiger partial charge is 0.377 e. The zero-order valence-corrected chi connectivity index (χ0v) is 17.5. The summed E-state index contributed by atoms with van der Waals surface area (Å²) in [6.45, 7) is 16.6. The molecule has 0 bridgehead atoms. The van der Waals surface area contributed by atoms with Gasteiger partial charge in [0.2, 0.25) is 0 Å². The fourth-order valence-electron chi connectivity index (χ4n) is 4.96. The molecule has 0 aromatic carbocycles. The van der Waals surface area contributed by atoms with Gasteiger partial charge in [-0.1, -0.05) is 20.8 Å². The average molecular weight is 365 g/mol. The Morgan fingerprint density at radius 3 is 2.58 bits per heavy atom. The van der Waals surface area contributed by atoms with Gasteiger partial charge in [-0.15, -0.1) is 0 Å². The molecule has 150 valence electrons. The van der Waals surface area contributed by atoms with Gasteiger partial charge in [0, 0.05) is 44.7 Å². The van der Waals surface area contributed by atoms with Crippen LogP contribution in [0.1, 0.15) is 59.8 Å². The van der Waals surface area contributed by atoms with E-state index in [-0.39, 0.29) is 5.41 Å². The van der Waals surface area contributed by atoms with E-state index in [2.05, 4.69) is 42.8 Å². The molecule has 5 heteroatoms. The van der Waals surface area contributed by atoms with Crippen molar-refractivity contribution in [1.82, 2.24) is 15.1 Å². The molecule has 0 saturated carbocycles.